The number of carbonyl (C=O) groups is 2. The highest BCUT2D eigenvalue weighted by Gasteiger charge is 2.08. The predicted molar refractivity (Wildman–Crippen MR) is 89.5 cm³/mol. The van der Waals surface area contributed by atoms with E-state index in [0.29, 0.717) is 5.69 Å². The maximum atomic E-state index is 11.9. The van der Waals surface area contributed by atoms with Crippen molar-refractivity contribution in [3.05, 3.63) is 59.7 Å². The van der Waals surface area contributed by atoms with Gasteiger partial charge in [-0.2, -0.15) is 0 Å². The Morgan fingerprint density at radius 2 is 1.70 bits per heavy atom. The molecule has 0 aliphatic carbocycles. The van der Waals surface area contributed by atoms with Gasteiger partial charge in [0.25, 0.3) is 0 Å². The molecule has 0 atom stereocenters. The van der Waals surface area contributed by atoms with E-state index in [0.717, 1.165) is 16.9 Å². The zero-order valence-electron chi connectivity index (χ0n) is 13.3. The molecule has 5 nitrogen and oxygen atoms in total. The van der Waals surface area contributed by atoms with Gasteiger partial charge in [-0.25, -0.2) is 0 Å². The molecule has 0 spiro atoms. The van der Waals surface area contributed by atoms with Crippen molar-refractivity contribution in [2.45, 2.75) is 13.3 Å². The van der Waals surface area contributed by atoms with E-state index in [2.05, 4.69) is 10.6 Å². The number of rotatable bonds is 6. The summed E-state index contributed by atoms with van der Waals surface area (Å²) in [7, 11) is 1.58. The van der Waals surface area contributed by atoms with E-state index in [9.17, 15) is 9.59 Å². The highest BCUT2D eigenvalue weighted by molar-refractivity contribution is 5.94. The lowest BCUT2D eigenvalue weighted by molar-refractivity contribution is -0.123. The quantitative estimate of drug-likeness (QED) is 0.860. The topological polar surface area (TPSA) is 67.4 Å². The second-order valence-electron chi connectivity index (χ2n) is 5.16. The van der Waals surface area contributed by atoms with Crippen LogP contribution < -0.4 is 15.4 Å². The molecular formula is C18H20N2O3. The van der Waals surface area contributed by atoms with Crippen LogP contribution in [0.1, 0.15) is 11.1 Å². The fraction of sp³-hybridized carbons (Fsp3) is 0.222. The standard InChI is InChI=1S/C18H20N2O3/c1-13-5-3-4-6-14(13)11-17(21)19-12-18(22)20-15-7-9-16(23-2)10-8-15/h3-10H,11-12H2,1-2H3,(H,19,21)(H,20,22). The highest BCUT2D eigenvalue weighted by Crippen LogP contribution is 2.14. The first-order valence-electron chi connectivity index (χ1n) is 7.33. The number of benzene rings is 2. The second-order valence-corrected chi connectivity index (χ2v) is 5.16. The minimum atomic E-state index is -0.270. The van der Waals surface area contributed by atoms with Gasteiger partial charge in [0, 0.05) is 5.69 Å². The first kappa shape index (κ1) is 16.5. The van der Waals surface area contributed by atoms with Crippen molar-refractivity contribution in [1.82, 2.24) is 5.32 Å². The Balaban J connectivity index is 1.79. The van der Waals surface area contributed by atoms with E-state index in [1.165, 1.54) is 0 Å². The van der Waals surface area contributed by atoms with Gasteiger partial charge in [0.15, 0.2) is 0 Å². The predicted octanol–water partition coefficient (Wildman–Crippen LogP) is 2.30. The molecule has 0 saturated heterocycles. The summed E-state index contributed by atoms with van der Waals surface area (Å²) >= 11 is 0. The summed E-state index contributed by atoms with van der Waals surface area (Å²) in [5, 5.41) is 5.34. The van der Waals surface area contributed by atoms with Crippen LogP contribution in [0.15, 0.2) is 48.5 Å². The molecule has 23 heavy (non-hydrogen) atoms. The molecule has 0 bridgehead atoms. The van der Waals surface area contributed by atoms with Crippen molar-refractivity contribution >= 4 is 17.5 Å². The molecule has 2 N–H and O–H groups in total. The Morgan fingerprint density at radius 1 is 1.00 bits per heavy atom. The minimum Gasteiger partial charge on any atom is -0.497 e. The smallest absolute Gasteiger partial charge is 0.243 e. The number of hydrogen-bond acceptors (Lipinski definition) is 3. The average Bonchev–Trinajstić information content (AvgIpc) is 2.56. The summed E-state index contributed by atoms with van der Waals surface area (Å²) in [5.41, 5.74) is 2.68. The maximum absolute atomic E-state index is 11.9. The summed E-state index contributed by atoms with van der Waals surface area (Å²) in [6.45, 7) is 1.90. The summed E-state index contributed by atoms with van der Waals surface area (Å²) in [6, 6.07) is 14.7. The molecule has 2 aromatic rings. The third-order valence-electron chi connectivity index (χ3n) is 3.43. The van der Waals surface area contributed by atoms with Crippen molar-refractivity contribution in [2.24, 2.45) is 0 Å². The van der Waals surface area contributed by atoms with E-state index in [1.54, 1.807) is 31.4 Å². The van der Waals surface area contributed by atoms with Gasteiger partial charge in [-0.15, -0.1) is 0 Å². The van der Waals surface area contributed by atoms with Crippen LogP contribution in [-0.2, 0) is 16.0 Å². The molecule has 0 aliphatic heterocycles. The number of amides is 2. The fourth-order valence-corrected chi connectivity index (χ4v) is 2.10. The SMILES string of the molecule is COc1ccc(NC(=O)CNC(=O)Cc2ccccc2C)cc1. The van der Waals surface area contributed by atoms with Crippen LogP contribution in [0.2, 0.25) is 0 Å². The Kier molecular flexibility index (Phi) is 5.74. The van der Waals surface area contributed by atoms with Gasteiger partial charge >= 0.3 is 0 Å². The first-order chi connectivity index (χ1) is 11.1. The lowest BCUT2D eigenvalue weighted by Crippen LogP contribution is -2.33. The number of aryl methyl sites for hydroxylation is 1. The number of nitrogens with one attached hydrogen (secondary N) is 2. The Morgan fingerprint density at radius 3 is 2.35 bits per heavy atom. The van der Waals surface area contributed by atoms with E-state index < -0.39 is 0 Å². The van der Waals surface area contributed by atoms with E-state index in [4.69, 9.17) is 4.74 Å². The van der Waals surface area contributed by atoms with Crippen molar-refractivity contribution in [3.63, 3.8) is 0 Å². The average molecular weight is 312 g/mol. The molecule has 0 fully saturated rings. The molecule has 0 aromatic heterocycles. The molecule has 0 unspecified atom stereocenters. The van der Waals surface area contributed by atoms with Crippen LogP contribution in [0, 0.1) is 6.92 Å². The number of anilines is 1. The Labute approximate surface area is 135 Å². The number of carbonyl (C=O) groups excluding carboxylic acids is 2. The van der Waals surface area contributed by atoms with Gasteiger partial charge in [0.2, 0.25) is 11.8 Å². The molecule has 120 valence electrons. The molecule has 0 saturated carbocycles. The van der Waals surface area contributed by atoms with Gasteiger partial charge in [-0.1, -0.05) is 24.3 Å². The minimum absolute atomic E-state index is 0.0588. The second kappa shape index (κ2) is 7.98. The number of hydrogen-bond donors (Lipinski definition) is 2. The van der Waals surface area contributed by atoms with Crippen LogP contribution >= 0.6 is 0 Å². The van der Waals surface area contributed by atoms with E-state index >= 15 is 0 Å². The first-order valence-corrected chi connectivity index (χ1v) is 7.33. The van der Waals surface area contributed by atoms with Gasteiger partial charge in [0.1, 0.15) is 5.75 Å². The van der Waals surface area contributed by atoms with E-state index in [-0.39, 0.29) is 24.8 Å². The largest absolute Gasteiger partial charge is 0.497 e. The summed E-state index contributed by atoms with van der Waals surface area (Å²) in [6.07, 6.45) is 0.266. The molecule has 0 aliphatic rings. The number of methoxy groups -OCH3 is 1. The fourth-order valence-electron chi connectivity index (χ4n) is 2.10. The Bertz CT molecular complexity index is 681. The van der Waals surface area contributed by atoms with Gasteiger partial charge in [-0.05, 0) is 42.3 Å². The zero-order valence-corrected chi connectivity index (χ0v) is 13.3. The van der Waals surface area contributed by atoms with Crippen LogP contribution in [0.4, 0.5) is 5.69 Å². The van der Waals surface area contributed by atoms with Crippen molar-refractivity contribution in [2.75, 3.05) is 19.0 Å². The van der Waals surface area contributed by atoms with Crippen molar-refractivity contribution in [1.29, 1.82) is 0 Å². The van der Waals surface area contributed by atoms with Crippen LogP contribution in [0.3, 0.4) is 0 Å². The van der Waals surface area contributed by atoms with Gasteiger partial charge in [-0.3, -0.25) is 9.59 Å². The lowest BCUT2D eigenvalue weighted by atomic mass is 10.1. The third kappa shape index (κ3) is 5.14. The lowest BCUT2D eigenvalue weighted by Gasteiger charge is -2.08. The van der Waals surface area contributed by atoms with Gasteiger partial charge < -0.3 is 15.4 Å². The zero-order chi connectivity index (χ0) is 16.7. The van der Waals surface area contributed by atoms with Gasteiger partial charge in [0.05, 0.1) is 20.1 Å². The molecule has 0 heterocycles. The van der Waals surface area contributed by atoms with E-state index in [1.807, 2.05) is 31.2 Å². The van der Waals surface area contributed by atoms with Crippen molar-refractivity contribution < 1.29 is 14.3 Å². The molecule has 0 radical (unpaired) electrons. The summed E-state index contributed by atoms with van der Waals surface area (Å²) in [5.74, 6) is 0.270. The molecule has 5 heteroatoms. The van der Waals surface area contributed by atoms with Crippen LogP contribution in [-0.4, -0.2) is 25.5 Å². The molecular weight excluding hydrogens is 292 g/mol. The highest BCUT2D eigenvalue weighted by atomic mass is 16.5. The van der Waals surface area contributed by atoms with Crippen LogP contribution in [0.25, 0.3) is 0 Å². The monoisotopic (exact) mass is 312 g/mol. The summed E-state index contributed by atoms with van der Waals surface area (Å²) < 4.78 is 5.05. The number of ether oxygens (including phenoxy) is 1. The molecule has 2 aromatic carbocycles. The summed E-state index contributed by atoms with van der Waals surface area (Å²) in [4.78, 5) is 23.7. The molecule has 2 rings (SSSR count). The van der Waals surface area contributed by atoms with Crippen molar-refractivity contribution in [3.8, 4) is 5.75 Å². The maximum Gasteiger partial charge on any atom is 0.243 e. The Hall–Kier alpha value is -2.82. The van der Waals surface area contributed by atoms with Crippen LogP contribution in [0.5, 0.6) is 5.75 Å². The third-order valence-corrected chi connectivity index (χ3v) is 3.43. The normalized spacial score (nSPS) is 10.0. The molecule has 2 amide bonds.